The highest BCUT2D eigenvalue weighted by Gasteiger charge is 2.36. The van der Waals surface area contributed by atoms with Crippen LogP contribution in [0.4, 0.5) is 11.4 Å². The van der Waals surface area contributed by atoms with Crippen molar-refractivity contribution < 1.29 is 9.59 Å². The average molecular weight is 259 g/mol. The van der Waals surface area contributed by atoms with E-state index in [1.807, 2.05) is 12.1 Å². The third kappa shape index (κ3) is 1.85. The Morgan fingerprint density at radius 1 is 1.42 bits per heavy atom. The van der Waals surface area contributed by atoms with Gasteiger partial charge in [-0.15, -0.1) is 0 Å². The molecule has 2 amide bonds. The second-order valence-corrected chi connectivity index (χ2v) is 5.27. The fraction of sp³-hybridized carbons (Fsp3) is 0.429. The Bertz CT molecular complexity index is 554. The van der Waals surface area contributed by atoms with E-state index in [0.717, 1.165) is 30.8 Å². The molecule has 100 valence electrons. The topological polar surface area (TPSA) is 52.7 Å². The second kappa shape index (κ2) is 4.26. The molecular formula is C14H17N3O2. The van der Waals surface area contributed by atoms with Crippen LogP contribution in [0.3, 0.4) is 0 Å². The smallest absolute Gasteiger partial charge is 0.253 e. The first-order valence-electron chi connectivity index (χ1n) is 6.51. The minimum atomic E-state index is -0.0550. The molecule has 0 aliphatic carbocycles. The van der Waals surface area contributed by atoms with Gasteiger partial charge in [0.15, 0.2) is 0 Å². The monoisotopic (exact) mass is 259 g/mol. The number of benzene rings is 1. The molecule has 0 radical (unpaired) electrons. The number of amides is 2. The van der Waals surface area contributed by atoms with Gasteiger partial charge in [-0.3, -0.25) is 9.59 Å². The number of hydrogen-bond acceptors (Lipinski definition) is 3. The SMILES string of the molecule is CN(C)C(=O)c1ccc2c(c1)NC(=O)[C@@H]1CCCN21. The number of anilines is 2. The summed E-state index contributed by atoms with van der Waals surface area (Å²) in [5.74, 6) is -0.0138. The zero-order valence-electron chi connectivity index (χ0n) is 11.1. The van der Waals surface area contributed by atoms with Crippen LogP contribution in [-0.4, -0.2) is 43.4 Å². The van der Waals surface area contributed by atoms with Crippen LogP contribution in [0.1, 0.15) is 23.2 Å². The second-order valence-electron chi connectivity index (χ2n) is 5.27. The molecule has 1 aromatic carbocycles. The first kappa shape index (κ1) is 12.0. The standard InChI is InChI=1S/C14H17N3O2/c1-16(2)14(19)9-5-6-11-10(8-9)15-13(18)12-4-3-7-17(11)12/h5-6,8,12H,3-4,7H2,1-2H3,(H,15,18)/t12-/m0/s1. The summed E-state index contributed by atoms with van der Waals surface area (Å²) in [7, 11) is 3.44. The highest BCUT2D eigenvalue weighted by Crippen LogP contribution is 2.37. The van der Waals surface area contributed by atoms with Crippen molar-refractivity contribution in [2.24, 2.45) is 0 Å². The van der Waals surface area contributed by atoms with E-state index in [4.69, 9.17) is 0 Å². The summed E-state index contributed by atoms with van der Waals surface area (Å²) in [6.07, 6.45) is 1.94. The molecule has 1 N–H and O–H groups in total. The maximum Gasteiger partial charge on any atom is 0.253 e. The minimum Gasteiger partial charge on any atom is -0.358 e. The van der Waals surface area contributed by atoms with Crippen LogP contribution in [0.15, 0.2) is 18.2 Å². The average Bonchev–Trinajstić information content (AvgIpc) is 2.87. The molecule has 2 aliphatic heterocycles. The van der Waals surface area contributed by atoms with Gasteiger partial charge in [0.25, 0.3) is 5.91 Å². The fourth-order valence-electron chi connectivity index (χ4n) is 2.82. The number of rotatable bonds is 1. The number of carbonyl (C=O) groups is 2. The molecule has 3 rings (SSSR count). The van der Waals surface area contributed by atoms with Crippen molar-refractivity contribution in [1.82, 2.24) is 4.90 Å². The van der Waals surface area contributed by atoms with Crippen LogP contribution in [0.25, 0.3) is 0 Å². The normalized spacial score (nSPS) is 20.6. The van der Waals surface area contributed by atoms with Crippen LogP contribution in [0, 0.1) is 0 Å². The van der Waals surface area contributed by atoms with Gasteiger partial charge in [0.1, 0.15) is 6.04 Å². The van der Waals surface area contributed by atoms with E-state index in [1.54, 1.807) is 20.2 Å². The van der Waals surface area contributed by atoms with Crippen molar-refractivity contribution in [3.05, 3.63) is 23.8 Å². The summed E-state index contributed by atoms with van der Waals surface area (Å²) in [6, 6.07) is 5.49. The number of nitrogens with zero attached hydrogens (tertiary/aromatic N) is 2. The largest absolute Gasteiger partial charge is 0.358 e. The summed E-state index contributed by atoms with van der Waals surface area (Å²) in [5, 5.41) is 2.91. The Balaban J connectivity index is 2.00. The van der Waals surface area contributed by atoms with E-state index in [2.05, 4.69) is 10.2 Å². The third-order valence-corrected chi connectivity index (χ3v) is 3.77. The van der Waals surface area contributed by atoms with E-state index >= 15 is 0 Å². The first-order chi connectivity index (χ1) is 9.08. The summed E-state index contributed by atoms with van der Waals surface area (Å²) in [5.41, 5.74) is 2.37. The molecule has 2 aliphatic rings. The van der Waals surface area contributed by atoms with Crippen molar-refractivity contribution in [1.29, 1.82) is 0 Å². The zero-order chi connectivity index (χ0) is 13.6. The van der Waals surface area contributed by atoms with E-state index in [0.29, 0.717) is 5.56 Å². The van der Waals surface area contributed by atoms with Crippen molar-refractivity contribution in [2.75, 3.05) is 30.9 Å². The summed E-state index contributed by atoms with van der Waals surface area (Å²) in [4.78, 5) is 27.6. The number of nitrogens with one attached hydrogen (secondary N) is 1. The lowest BCUT2D eigenvalue weighted by Crippen LogP contribution is -2.44. The molecule has 0 aromatic heterocycles. The molecule has 1 fully saturated rings. The van der Waals surface area contributed by atoms with Gasteiger partial charge in [0.2, 0.25) is 5.91 Å². The van der Waals surface area contributed by atoms with E-state index in [9.17, 15) is 9.59 Å². The number of hydrogen-bond donors (Lipinski definition) is 1. The van der Waals surface area contributed by atoms with Crippen molar-refractivity contribution >= 4 is 23.2 Å². The van der Waals surface area contributed by atoms with Gasteiger partial charge in [-0.1, -0.05) is 0 Å². The van der Waals surface area contributed by atoms with Gasteiger partial charge in [-0.05, 0) is 31.0 Å². The van der Waals surface area contributed by atoms with Gasteiger partial charge in [0, 0.05) is 26.2 Å². The zero-order valence-corrected chi connectivity index (χ0v) is 11.1. The van der Waals surface area contributed by atoms with Gasteiger partial charge in [0.05, 0.1) is 11.4 Å². The Morgan fingerprint density at radius 2 is 2.21 bits per heavy atom. The molecule has 2 heterocycles. The van der Waals surface area contributed by atoms with Gasteiger partial charge in [-0.25, -0.2) is 0 Å². The first-order valence-corrected chi connectivity index (χ1v) is 6.51. The predicted molar refractivity (Wildman–Crippen MR) is 73.5 cm³/mol. The lowest BCUT2D eigenvalue weighted by Gasteiger charge is -2.33. The van der Waals surface area contributed by atoms with Gasteiger partial charge >= 0.3 is 0 Å². The van der Waals surface area contributed by atoms with E-state index in [1.165, 1.54) is 4.90 Å². The summed E-state index contributed by atoms with van der Waals surface area (Å²) in [6.45, 7) is 0.909. The highest BCUT2D eigenvalue weighted by atomic mass is 16.2. The number of carbonyl (C=O) groups excluding carboxylic acids is 2. The molecule has 0 bridgehead atoms. The predicted octanol–water partition coefficient (Wildman–Crippen LogP) is 1.31. The van der Waals surface area contributed by atoms with Crippen molar-refractivity contribution in [2.45, 2.75) is 18.9 Å². The molecule has 1 aromatic rings. The molecule has 0 saturated carbocycles. The van der Waals surface area contributed by atoms with Crippen molar-refractivity contribution in [3.8, 4) is 0 Å². The number of fused-ring (bicyclic) bond motifs is 3. The molecule has 0 unspecified atom stereocenters. The maximum atomic E-state index is 12.0. The Labute approximate surface area is 112 Å². The lowest BCUT2D eigenvalue weighted by molar-refractivity contribution is -0.117. The van der Waals surface area contributed by atoms with E-state index < -0.39 is 0 Å². The quantitative estimate of drug-likeness (QED) is 0.827. The molecule has 0 spiro atoms. The molecule has 1 atom stereocenters. The molecular weight excluding hydrogens is 242 g/mol. The van der Waals surface area contributed by atoms with Crippen LogP contribution >= 0.6 is 0 Å². The Hall–Kier alpha value is -2.04. The van der Waals surface area contributed by atoms with E-state index in [-0.39, 0.29) is 17.9 Å². The minimum absolute atomic E-state index is 0.0390. The van der Waals surface area contributed by atoms with Gasteiger partial charge in [-0.2, -0.15) is 0 Å². The van der Waals surface area contributed by atoms with Crippen LogP contribution < -0.4 is 10.2 Å². The lowest BCUT2D eigenvalue weighted by atomic mass is 10.1. The van der Waals surface area contributed by atoms with Crippen LogP contribution in [-0.2, 0) is 4.79 Å². The summed E-state index contributed by atoms with van der Waals surface area (Å²) < 4.78 is 0. The summed E-state index contributed by atoms with van der Waals surface area (Å²) >= 11 is 0. The Kier molecular flexibility index (Phi) is 2.69. The molecule has 5 heteroatoms. The third-order valence-electron chi connectivity index (χ3n) is 3.77. The van der Waals surface area contributed by atoms with Gasteiger partial charge < -0.3 is 15.1 Å². The van der Waals surface area contributed by atoms with Crippen LogP contribution in [0.5, 0.6) is 0 Å². The van der Waals surface area contributed by atoms with Crippen LogP contribution in [0.2, 0.25) is 0 Å². The Morgan fingerprint density at radius 3 is 2.95 bits per heavy atom. The highest BCUT2D eigenvalue weighted by molar-refractivity contribution is 6.06. The molecule has 1 saturated heterocycles. The van der Waals surface area contributed by atoms with Crippen molar-refractivity contribution in [3.63, 3.8) is 0 Å². The maximum absolute atomic E-state index is 12.0. The fourth-order valence-corrected chi connectivity index (χ4v) is 2.82. The molecule has 19 heavy (non-hydrogen) atoms. The molecule has 5 nitrogen and oxygen atoms in total.